The van der Waals surface area contributed by atoms with Crippen molar-refractivity contribution >= 4 is 33.5 Å². The molecule has 0 saturated carbocycles. The van der Waals surface area contributed by atoms with Crippen LogP contribution in [0.3, 0.4) is 0 Å². The monoisotopic (exact) mass is 314 g/mol. The van der Waals surface area contributed by atoms with Crippen LogP contribution >= 0.6 is 15.9 Å². The molecule has 1 amide bonds. The molecule has 1 aromatic rings. The number of benzene rings is 1. The third-order valence-electron chi connectivity index (χ3n) is 2.15. The van der Waals surface area contributed by atoms with Gasteiger partial charge in [-0.05, 0) is 34.1 Å². The average molecular weight is 315 g/mol. The Morgan fingerprint density at radius 2 is 2.06 bits per heavy atom. The molecule has 5 nitrogen and oxygen atoms in total. The predicted molar refractivity (Wildman–Crippen MR) is 72.9 cm³/mol. The summed E-state index contributed by atoms with van der Waals surface area (Å²) in [5.74, 6) is -1.25. The Morgan fingerprint density at radius 3 is 2.61 bits per heavy atom. The molecule has 0 radical (unpaired) electrons. The number of anilines is 1. The number of nitrogens with one attached hydrogen (secondary N) is 2. The van der Waals surface area contributed by atoms with E-state index in [9.17, 15) is 9.59 Å². The minimum Gasteiger partial charge on any atom is -0.478 e. The Bertz CT molecular complexity index is 461. The molecule has 3 N–H and O–H groups in total. The molecule has 0 atom stereocenters. The second kappa shape index (κ2) is 6.51. The summed E-state index contributed by atoms with van der Waals surface area (Å²) in [7, 11) is 0. The normalized spacial score (nSPS) is 10.4. The van der Waals surface area contributed by atoms with Crippen molar-refractivity contribution in [2.24, 2.45) is 0 Å². The Hall–Kier alpha value is -1.40. The maximum absolute atomic E-state index is 11.6. The van der Waals surface area contributed by atoms with Crippen molar-refractivity contribution in [1.82, 2.24) is 5.32 Å². The first-order valence-electron chi connectivity index (χ1n) is 5.46. The van der Waals surface area contributed by atoms with E-state index < -0.39 is 5.97 Å². The van der Waals surface area contributed by atoms with Crippen molar-refractivity contribution in [3.8, 4) is 0 Å². The zero-order valence-electron chi connectivity index (χ0n) is 10.2. The Labute approximate surface area is 114 Å². The summed E-state index contributed by atoms with van der Waals surface area (Å²) in [6, 6.07) is 4.87. The fourth-order valence-corrected chi connectivity index (χ4v) is 1.69. The first kappa shape index (κ1) is 14.7. The van der Waals surface area contributed by atoms with E-state index in [-0.39, 0.29) is 24.1 Å². The first-order valence-corrected chi connectivity index (χ1v) is 6.25. The average Bonchev–Trinajstić information content (AvgIpc) is 2.28. The van der Waals surface area contributed by atoms with Gasteiger partial charge < -0.3 is 15.7 Å². The lowest BCUT2D eigenvalue weighted by Crippen LogP contribution is -2.32. The van der Waals surface area contributed by atoms with Gasteiger partial charge in [-0.1, -0.05) is 13.8 Å². The van der Waals surface area contributed by atoms with E-state index in [0.29, 0.717) is 10.2 Å². The van der Waals surface area contributed by atoms with Gasteiger partial charge in [-0.15, -0.1) is 0 Å². The fourth-order valence-electron chi connectivity index (χ4n) is 1.27. The summed E-state index contributed by atoms with van der Waals surface area (Å²) in [5, 5.41) is 14.6. The number of carbonyl (C=O) groups is 2. The second-order valence-electron chi connectivity index (χ2n) is 4.08. The summed E-state index contributed by atoms with van der Waals surface area (Å²) in [6.07, 6.45) is 0. The van der Waals surface area contributed by atoms with Crippen molar-refractivity contribution in [3.63, 3.8) is 0 Å². The Balaban J connectivity index is 2.70. The maximum atomic E-state index is 11.6. The molecular weight excluding hydrogens is 300 g/mol. The molecule has 0 bridgehead atoms. The molecule has 0 heterocycles. The van der Waals surface area contributed by atoms with Gasteiger partial charge in [0.2, 0.25) is 5.91 Å². The van der Waals surface area contributed by atoms with Gasteiger partial charge in [-0.2, -0.15) is 0 Å². The number of halogens is 1. The highest BCUT2D eigenvalue weighted by Gasteiger charge is 2.10. The van der Waals surface area contributed by atoms with Crippen LogP contribution in [0.4, 0.5) is 5.69 Å². The third kappa shape index (κ3) is 4.46. The second-order valence-corrected chi connectivity index (χ2v) is 4.94. The smallest absolute Gasteiger partial charge is 0.336 e. The number of hydrogen-bond donors (Lipinski definition) is 3. The lowest BCUT2D eigenvalue weighted by Gasteiger charge is -2.09. The molecule has 0 aromatic heterocycles. The van der Waals surface area contributed by atoms with E-state index in [1.54, 1.807) is 12.1 Å². The summed E-state index contributed by atoms with van der Waals surface area (Å²) in [6.45, 7) is 4.07. The number of amides is 1. The molecule has 0 aliphatic heterocycles. The standard InChI is InChI=1S/C12H15BrN2O3/c1-7(2)14-6-11(16)15-8-3-4-10(13)9(5-8)12(17)18/h3-5,7,14H,6H2,1-2H3,(H,15,16)(H,17,18). The molecule has 1 aromatic carbocycles. The first-order chi connectivity index (χ1) is 8.40. The summed E-state index contributed by atoms with van der Waals surface area (Å²) in [5.41, 5.74) is 0.579. The van der Waals surface area contributed by atoms with Crippen molar-refractivity contribution in [2.75, 3.05) is 11.9 Å². The quantitative estimate of drug-likeness (QED) is 0.777. The molecule has 0 spiro atoms. The minimum atomic E-state index is -1.04. The van der Waals surface area contributed by atoms with Gasteiger partial charge in [0.1, 0.15) is 0 Å². The lowest BCUT2D eigenvalue weighted by atomic mass is 10.2. The minimum absolute atomic E-state index is 0.115. The van der Waals surface area contributed by atoms with Gasteiger partial charge in [0, 0.05) is 16.2 Å². The van der Waals surface area contributed by atoms with Crippen LogP contribution < -0.4 is 10.6 Å². The highest BCUT2D eigenvalue weighted by atomic mass is 79.9. The molecule has 0 saturated heterocycles. The van der Waals surface area contributed by atoms with Crippen LogP contribution in [-0.2, 0) is 4.79 Å². The van der Waals surface area contributed by atoms with Gasteiger partial charge in [-0.25, -0.2) is 4.79 Å². The van der Waals surface area contributed by atoms with Crippen LogP contribution in [-0.4, -0.2) is 29.6 Å². The van der Waals surface area contributed by atoms with Gasteiger partial charge in [0.25, 0.3) is 0 Å². The Morgan fingerprint density at radius 1 is 1.39 bits per heavy atom. The van der Waals surface area contributed by atoms with Gasteiger partial charge in [0.05, 0.1) is 12.1 Å². The molecule has 0 unspecified atom stereocenters. The summed E-state index contributed by atoms with van der Waals surface area (Å²) < 4.78 is 0.480. The highest BCUT2D eigenvalue weighted by molar-refractivity contribution is 9.10. The molecule has 0 fully saturated rings. The van der Waals surface area contributed by atoms with Crippen molar-refractivity contribution in [3.05, 3.63) is 28.2 Å². The van der Waals surface area contributed by atoms with Crippen molar-refractivity contribution < 1.29 is 14.7 Å². The summed E-state index contributed by atoms with van der Waals surface area (Å²) in [4.78, 5) is 22.5. The van der Waals surface area contributed by atoms with Gasteiger partial charge in [-0.3, -0.25) is 4.79 Å². The number of hydrogen-bond acceptors (Lipinski definition) is 3. The molecule has 18 heavy (non-hydrogen) atoms. The number of aromatic carboxylic acids is 1. The predicted octanol–water partition coefficient (Wildman–Crippen LogP) is 2.08. The van der Waals surface area contributed by atoms with E-state index in [4.69, 9.17) is 5.11 Å². The van der Waals surface area contributed by atoms with E-state index in [0.717, 1.165) is 0 Å². The number of carbonyl (C=O) groups excluding carboxylic acids is 1. The van der Waals surface area contributed by atoms with Crippen molar-refractivity contribution in [2.45, 2.75) is 19.9 Å². The molecule has 0 aliphatic carbocycles. The van der Waals surface area contributed by atoms with Crippen LogP contribution in [0.2, 0.25) is 0 Å². The SMILES string of the molecule is CC(C)NCC(=O)Nc1ccc(Br)c(C(=O)O)c1. The van der Waals surface area contributed by atoms with Gasteiger partial charge in [0.15, 0.2) is 0 Å². The summed E-state index contributed by atoms with van der Waals surface area (Å²) >= 11 is 3.14. The van der Waals surface area contributed by atoms with Crippen LogP contribution in [0.5, 0.6) is 0 Å². The largest absolute Gasteiger partial charge is 0.478 e. The van der Waals surface area contributed by atoms with Crippen LogP contribution in [0.1, 0.15) is 24.2 Å². The number of rotatable bonds is 5. The highest BCUT2D eigenvalue weighted by Crippen LogP contribution is 2.21. The number of carboxylic acids is 1. The van der Waals surface area contributed by atoms with E-state index in [2.05, 4.69) is 26.6 Å². The van der Waals surface area contributed by atoms with Crippen LogP contribution in [0.25, 0.3) is 0 Å². The molecule has 6 heteroatoms. The van der Waals surface area contributed by atoms with E-state index in [1.807, 2.05) is 13.8 Å². The van der Waals surface area contributed by atoms with Crippen LogP contribution in [0.15, 0.2) is 22.7 Å². The maximum Gasteiger partial charge on any atom is 0.336 e. The van der Waals surface area contributed by atoms with E-state index in [1.165, 1.54) is 6.07 Å². The van der Waals surface area contributed by atoms with Gasteiger partial charge >= 0.3 is 5.97 Å². The Kier molecular flexibility index (Phi) is 5.30. The fraction of sp³-hybridized carbons (Fsp3) is 0.333. The molecule has 98 valence electrons. The van der Waals surface area contributed by atoms with Crippen LogP contribution in [0, 0.1) is 0 Å². The van der Waals surface area contributed by atoms with E-state index >= 15 is 0 Å². The third-order valence-corrected chi connectivity index (χ3v) is 2.84. The lowest BCUT2D eigenvalue weighted by molar-refractivity contribution is -0.115. The zero-order chi connectivity index (χ0) is 13.7. The number of carboxylic acid groups (broad SMARTS) is 1. The zero-order valence-corrected chi connectivity index (χ0v) is 11.7. The topological polar surface area (TPSA) is 78.4 Å². The van der Waals surface area contributed by atoms with Crippen molar-refractivity contribution in [1.29, 1.82) is 0 Å². The molecule has 1 rings (SSSR count). The molecular formula is C12H15BrN2O3. The molecule has 0 aliphatic rings.